The van der Waals surface area contributed by atoms with Crippen molar-refractivity contribution in [2.45, 2.75) is 71.0 Å². The summed E-state index contributed by atoms with van der Waals surface area (Å²) in [5.41, 5.74) is 3.78. The van der Waals surface area contributed by atoms with Gasteiger partial charge in [0.05, 0.1) is 6.21 Å². The highest BCUT2D eigenvalue weighted by Gasteiger charge is 2.32. The van der Waals surface area contributed by atoms with Crippen LogP contribution in [-0.2, 0) is 20.4 Å². The van der Waals surface area contributed by atoms with Crippen LogP contribution in [0.1, 0.15) is 70.2 Å². The van der Waals surface area contributed by atoms with Crippen LogP contribution in [0, 0.1) is 6.92 Å². The second kappa shape index (κ2) is 10.2. The number of nitrogens with one attached hydrogen (secondary N) is 2. The van der Waals surface area contributed by atoms with Gasteiger partial charge in [-0.2, -0.15) is 5.10 Å². The smallest absolute Gasteiger partial charge is 0.240 e. The lowest BCUT2D eigenvalue weighted by atomic mass is 9.78. The summed E-state index contributed by atoms with van der Waals surface area (Å²) < 4.78 is 0. The Morgan fingerprint density at radius 1 is 1.09 bits per heavy atom. The maximum atomic E-state index is 12.4. The first-order chi connectivity index (χ1) is 16.2. The molecule has 186 valence electrons. The second-order valence-corrected chi connectivity index (χ2v) is 12.0. The number of nitrogens with zero attached hydrogens (tertiary/aromatic N) is 2. The van der Waals surface area contributed by atoms with Gasteiger partial charge in [0.25, 0.3) is 0 Å². The summed E-state index contributed by atoms with van der Waals surface area (Å²) in [7, 11) is 0. The number of hydrogen-bond donors (Lipinski definition) is 3. The third kappa shape index (κ3) is 6.94. The van der Waals surface area contributed by atoms with Gasteiger partial charge >= 0.3 is 0 Å². The molecule has 1 fully saturated rings. The molecule has 3 N–H and O–H groups in total. The van der Waals surface area contributed by atoms with Crippen molar-refractivity contribution in [3.05, 3.63) is 58.7 Å². The Kier molecular flexibility index (Phi) is 7.74. The van der Waals surface area contributed by atoms with Crippen LogP contribution in [0.4, 0.5) is 5.69 Å². The molecular weight excluding hydrogens is 460 g/mol. The highest BCUT2D eigenvalue weighted by atomic mass is 32.2. The van der Waals surface area contributed by atoms with Gasteiger partial charge in [0.15, 0.2) is 5.17 Å². The Labute approximate surface area is 211 Å². The van der Waals surface area contributed by atoms with Crippen LogP contribution in [0.5, 0.6) is 5.75 Å². The third-order valence-electron chi connectivity index (χ3n) is 5.59. The standard InChI is InChI=1S/C27H34N4O3S/c1-16-8-10-18(11-9-16)29-22(32)14-21-24(34)30-25(35-21)31-28-15-17-12-19(26(2,3)4)23(33)20(13-17)27(5,6)7/h8-13,15,21,33H,14H2,1-7H3,(H,29,32)(H,30,31,34)/b28-15+. The fourth-order valence-electron chi connectivity index (χ4n) is 3.63. The number of thioether (sulfide) groups is 1. The Morgan fingerprint density at radius 3 is 2.20 bits per heavy atom. The number of amidine groups is 1. The zero-order valence-electron chi connectivity index (χ0n) is 21.4. The number of benzene rings is 2. The molecule has 1 saturated heterocycles. The average Bonchev–Trinajstić information content (AvgIpc) is 3.08. The van der Waals surface area contributed by atoms with Crippen molar-refractivity contribution in [1.82, 2.24) is 5.32 Å². The van der Waals surface area contributed by atoms with E-state index in [0.29, 0.717) is 16.6 Å². The van der Waals surface area contributed by atoms with Gasteiger partial charge in [-0.15, -0.1) is 5.10 Å². The Morgan fingerprint density at radius 2 is 1.66 bits per heavy atom. The number of carbonyl (C=O) groups is 2. The van der Waals surface area contributed by atoms with Crippen LogP contribution >= 0.6 is 11.8 Å². The number of rotatable bonds is 5. The molecule has 0 saturated carbocycles. The van der Waals surface area contributed by atoms with Gasteiger partial charge in [0.2, 0.25) is 11.8 Å². The lowest BCUT2D eigenvalue weighted by molar-refractivity contribution is -0.122. The van der Waals surface area contributed by atoms with Crippen molar-refractivity contribution in [2.24, 2.45) is 10.2 Å². The molecular formula is C27H34N4O3S. The molecule has 3 rings (SSSR count). The zero-order valence-corrected chi connectivity index (χ0v) is 22.2. The molecule has 0 aromatic heterocycles. The van der Waals surface area contributed by atoms with Crippen molar-refractivity contribution < 1.29 is 14.7 Å². The monoisotopic (exact) mass is 494 g/mol. The summed E-state index contributed by atoms with van der Waals surface area (Å²) >= 11 is 1.19. The van der Waals surface area contributed by atoms with E-state index in [1.54, 1.807) is 6.21 Å². The SMILES string of the molecule is Cc1ccc(NC(=O)CC2S/C(=N\N=C\c3cc(C(C)(C)C)c(O)c(C(C)(C)C)c3)NC2=O)cc1. The molecule has 2 amide bonds. The number of phenolic OH excluding ortho intramolecular Hbond substituents is 1. The Hall–Kier alpha value is -3.13. The highest BCUT2D eigenvalue weighted by Crippen LogP contribution is 2.39. The summed E-state index contributed by atoms with van der Waals surface area (Å²) in [6.07, 6.45) is 1.65. The summed E-state index contributed by atoms with van der Waals surface area (Å²) in [6, 6.07) is 11.3. The summed E-state index contributed by atoms with van der Waals surface area (Å²) in [5, 5.41) is 24.5. The van der Waals surface area contributed by atoms with Crippen LogP contribution in [0.15, 0.2) is 46.6 Å². The van der Waals surface area contributed by atoms with Crippen LogP contribution in [0.3, 0.4) is 0 Å². The first-order valence-electron chi connectivity index (χ1n) is 11.6. The van der Waals surface area contributed by atoms with E-state index >= 15 is 0 Å². The van der Waals surface area contributed by atoms with E-state index in [9.17, 15) is 14.7 Å². The second-order valence-electron chi connectivity index (χ2n) is 10.8. The molecule has 7 nitrogen and oxygen atoms in total. The van der Waals surface area contributed by atoms with E-state index in [0.717, 1.165) is 22.3 Å². The van der Waals surface area contributed by atoms with Gasteiger partial charge in [-0.25, -0.2) is 0 Å². The van der Waals surface area contributed by atoms with Crippen LogP contribution in [-0.4, -0.2) is 33.6 Å². The molecule has 1 heterocycles. The van der Waals surface area contributed by atoms with Crippen molar-refractivity contribution >= 4 is 40.6 Å². The maximum Gasteiger partial charge on any atom is 0.240 e. The number of amides is 2. The van der Waals surface area contributed by atoms with Crippen LogP contribution in [0.25, 0.3) is 0 Å². The van der Waals surface area contributed by atoms with Crippen LogP contribution in [0.2, 0.25) is 0 Å². The molecule has 0 radical (unpaired) electrons. The minimum absolute atomic E-state index is 0.0367. The van der Waals surface area contributed by atoms with Gasteiger partial charge in [-0.3, -0.25) is 9.59 Å². The van der Waals surface area contributed by atoms with Gasteiger partial charge in [-0.05, 0) is 47.6 Å². The van der Waals surface area contributed by atoms with Crippen molar-refractivity contribution in [1.29, 1.82) is 0 Å². The first kappa shape index (κ1) is 26.5. The summed E-state index contributed by atoms with van der Waals surface area (Å²) in [5.74, 6) is -0.198. The molecule has 1 unspecified atom stereocenters. The van der Waals surface area contributed by atoms with Crippen LogP contribution < -0.4 is 10.6 Å². The fourth-order valence-corrected chi connectivity index (χ4v) is 4.55. The number of hydrogen-bond acceptors (Lipinski definition) is 6. The predicted molar refractivity (Wildman–Crippen MR) is 144 cm³/mol. The number of carbonyl (C=O) groups excluding carboxylic acids is 2. The summed E-state index contributed by atoms with van der Waals surface area (Å²) in [6.45, 7) is 14.3. The molecule has 2 aromatic rings. The molecule has 0 bridgehead atoms. The normalized spacial score (nSPS) is 17.7. The maximum absolute atomic E-state index is 12.4. The number of aromatic hydroxyl groups is 1. The number of anilines is 1. The molecule has 1 aliphatic heterocycles. The molecule has 1 aliphatic rings. The van der Waals surface area contributed by atoms with Gasteiger partial charge in [0.1, 0.15) is 11.0 Å². The minimum atomic E-state index is -0.567. The number of phenols is 1. The van der Waals surface area contributed by atoms with Crippen molar-refractivity contribution in [3.63, 3.8) is 0 Å². The van der Waals surface area contributed by atoms with Gasteiger partial charge in [-0.1, -0.05) is 71.0 Å². The zero-order chi connectivity index (χ0) is 26.0. The van der Waals surface area contributed by atoms with Crippen molar-refractivity contribution in [3.8, 4) is 5.75 Å². The van der Waals surface area contributed by atoms with Gasteiger partial charge in [0, 0.05) is 23.2 Å². The van der Waals surface area contributed by atoms with Crippen molar-refractivity contribution in [2.75, 3.05) is 5.32 Å². The highest BCUT2D eigenvalue weighted by molar-refractivity contribution is 8.15. The number of aryl methyl sites for hydroxylation is 1. The summed E-state index contributed by atoms with van der Waals surface area (Å²) in [4.78, 5) is 24.7. The van der Waals surface area contributed by atoms with E-state index in [2.05, 4.69) is 62.4 Å². The Bertz CT molecular complexity index is 1140. The molecule has 2 aromatic carbocycles. The largest absolute Gasteiger partial charge is 0.507 e. The predicted octanol–water partition coefficient (Wildman–Crippen LogP) is 5.25. The average molecular weight is 495 g/mol. The molecule has 0 aliphatic carbocycles. The fraction of sp³-hybridized carbons (Fsp3) is 0.407. The topological polar surface area (TPSA) is 103 Å². The van der Waals surface area contributed by atoms with E-state index in [-0.39, 0.29) is 29.1 Å². The van der Waals surface area contributed by atoms with E-state index in [1.807, 2.05) is 43.3 Å². The third-order valence-corrected chi connectivity index (χ3v) is 6.66. The lowest BCUT2D eigenvalue weighted by Gasteiger charge is -2.27. The van der Waals surface area contributed by atoms with Gasteiger partial charge < -0.3 is 15.7 Å². The van der Waals surface area contributed by atoms with E-state index in [1.165, 1.54) is 11.8 Å². The minimum Gasteiger partial charge on any atom is -0.507 e. The first-order valence-corrected chi connectivity index (χ1v) is 12.4. The molecule has 8 heteroatoms. The molecule has 0 spiro atoms. The lowest BCUT2D eigenvalue weighted by Crippen LogP contribution is -2.28. The quantitative estimate of drug-likeness (QED) is 0.390. The molecule has 35 heavy (non-hydrogen) atoms. The van der Waals surface area contributed by atoms with E-state index in [4.69, 9.17) is 0 Å². The Balaban J connectivity index is 1.70. The van der Waals surface area contributed by atoms with E-state index < -0.39 is 5.25 Å². The molecule has 1 atom stereocenters.